The fraction of sp³-hybridized carbons (Fsp3) is 0.312. The van der Waals surface area contributed by atoms with Gasteiger partial charge in [0.2, 0.25) is 5.91 Å². The van der Waals surface area contributed by atoms with Crippen LogP contribution in [0.25, 0.3) is 0 Å². The summed E-state index contributed by atoms with van der Waals surface area (Å²) in [4.78, 5) is 20.7. The van der Waals surface area contributed by atoms with Gasteiger partial charge >= 0.3 is 0 Å². The molecule has 1 atom stereocenters. The van der Waals surface area contributed by atoms with Gasteiger partial charge in [-0.1, -0.05) is 41.0 Å². The van der Waals surface area contributed by atoms with Crippen LogP contribution in [0.1, 0.15) is 29.9 Å². The highest BCUT2D eigenvalue weighted by molar-refractivity contribution is 7.99. The van der Waals surface area contributed by atoms with Crippen LogP contribution in [0.4, 0.5) is 0 Å². The Hall–Kier alpha value is -1.30. The molecule has 0 spiro atoms. The minimum atomic E-state index is -0.201. The van der Waals surface area contributed by atoms with Crippen molar-refractivity contribution in [3.8, 4) is 0 Å². The Bertz CT molecular complexity index is 704. The Morgan fingerprint density at radius 3 is 2.48 bits per heavy atom. The zero-order chi connectivity index (χ0) is 17.0. The van der Waals surface area contributed by atoms with Gasteiger partial charge in [0.15, 0.2) is 5.16 Å². The third-order valence-corrected chi connectivity index (χ3v) is 4.51. The highest BCUT2D eigenvalue weighted by Crippen LogP contribution is 2.26. The Kier molecular flexibility index (Phi) is 6.27. The van der Waals surface area contributed by atoms with Crippen molar-refractivity contribution in [1.82, 2.24) is 15.3 Å². The standard InChI is InChI=1S/C16H17Cl2N3OS/c1-9-6-10(2)20-16(19-9)23-8-15(22)21-11(3)13-5-4-12(17)7-14(13)18/h4-7,11H,8H2,1-3H3,(H,21,22). The van der Waals surface area contributed by atoms with E-state index in [9.17, 15) is 4.79 Å². The van der Waals surface area contributed by atoms with Gasteiger partial charge in [0, 0.05) is 21.4 Å². The van der Waals surface area contributed by atoms with E-state index in [0.29, 0.717) is 15.2 Å². The monoisotopic (exact) mass is 369 g/mol. The van der Waals surface area contributed by atoms with Crippen molar-refractivity contribution in [2.24, 2.45) is 0 Å². The average Bonchev–Trinajstić information content (AvgIpc) is 2.44. The summed E-state index contributed by atoms with van der Waals surface area (Å²) in [6, 6.07) is 6.93. The molecule has 7 heteroatoms. The van der Waals surface area contributed by atoms with E-state index in [4.69, 9.17) is 23.2 Å². The molecule has 0 saturated carbocycles. The molecular weight excluding hydrogens is 353 g/mol. The molecule has 4 nitrogen and oxygen atoms in total. The quantitative estimate of drug-likeness (QED) is 0.627. The van der Waals surface area contributed by atoms with Crippen molar-refractivity contribution in [3.63, 3.8) is 0 Å². The van der Waals surface area contributed by atoms with Crippen LogP contribution >= 0.6 is 35.0 Å². The highest BCUT2D eigenvalue weighted by Gasteiger charge is 2.14. The Morgan fingerprint density at radius 2 is 1.87 bits per heavy atom. The maximum atomic E-state index is 12.1. The van der Waals surface area contributed by atoms with Crippen LogP contribution in [0.15, 0.2) is 29.4 Å². The van der Waals surface area contributed by atoms with E-state index >= 15 is 0 Å². The van der Waals surface area contributed by atoms with E-state index in [1.54, 1.807) is 12.1 Å². The van der Waals surface area contributed by atoms with Crippen molar-refractivity contribution < 1.29 is 4.79 Å². The molecule has 0 aliphatic rings. The number of halogens is 2. The van der Waals surface area contributed by atoms with Crippen molar-refractivity contribution in [1.29, 1.82) is 0 Å². The minimum Gasteiger partial charge on any atom is -0.349 e. The summed E-state index contributed by atoms with van der Waals surface area (Å²) in [6.07, 6.45) is 0. The van der Waals surface area contributed by atoms with Crippen molar-refractivity contribution in [2.75, 3.05) is 5.75 Å². The molecule has 1 aromatic heterocycles. The minimum absolute atomic E-state index is 0.101. The lowest BCUT2D eigenvalue weighted by molar-refractivity contribution is -0.119. The lowest BCUT2D eigenvalue weighted by Gasteiger charge is -2.15. The van der Waals surface area contributed by atoms with E-state index in [0.717, 1.165) is 17.0 Å². The van der Waals surface area contributed by atoms with Crippen molar-refractivity contribution in [3.05, 3.63) is 51.3 Å². The summed E-state index contributed by atoms with van der Waals surface area (Å²) >= 11 is 13.3. The third-order valence-electron chi connectivity index (χ3n) is 3.10. The number of hydrogen-bond acceptors (Lipinski definition) is 4. The second-order valence-electron chi connectivity index (χ2n) is 5.18. The number of hydrogen-bond donors (Lipinski definition) is 1. The number of benzene rings is 1. The molecule has 0 saturated heterocycles. The highest BCUT2D eigenvalue weighted by atomic mass is 35.5. The van der Waals surface area contributed by atoms with Crippen molar-refractivity contribution >= 4 is 40.9 Å². The molecule has 0 radical (unpaired) electrons. The van der Waals surface area contributed by atoms with Crippen LogP contribution in [0.5, 0.6) is 0 Å². The first-order chi connectivity index (χ1) is 10.8. The van der Waals surface area contributed by atoms with E-state index in [2.05, 4.69) is 15.3 Å². The fourth-order valence-electron chi connectivity index (χ4n) is 2.10. The summed E-state index contributed by atoms with van der Waals surface area (Å²) in [6.45, 7) is 5.69. The summed E-state index contributed by atoms with van der Waals surface area (Å²) in [7, 11) is 0. The Morgan fingerprint density at radius 1 is 1.22 bits per heavy atom. The summed E-state index contributed by atoms with van der Waals surface area (Å²) < 4.78 is 0. The molecule has 0 bridgehead atoms. The second-order valence-corrected chi connectivity index (χ2v) is 6.96. The first-order valence-corrected chi connectivity index (χ1v) is 8.78. The predicted molar refractivity (Wildman–Crippen MR) is 95.2 cm³/mol. The largest absolute Gasteiger partial charge is 0.349 e. The number of rotatable bonds is 5. The van der Waals surface area contributed by atoms with Crippen LogP contribution in [0.3, 0.4) is 0 Å². The number of thioether (sulfide) groups is 1. The van der Waals surface area contributed by atoms with E-state index < -0.39 is 0 Å². The predicted octanol–water partition coefficient (Wildman–Crippen LogP) is 4.37. The number of carbonyl (C=O) groups is 1. The molecule has 1 aromatic carbocycles. The van der Waals surface area contributed by atoms with E-state index in [1.807, 2.05) is 32.9 Å². The molecule has 1 heterocycles. The maximum Gasteiger partial charge on any atom is 0.230 e. The lowest BCUT2D eigenvalue weighted by atomic mass is 10.1. The van der Waals surface area contributed by atoms with Gasteiger partial charge < -0.3 is 5.32 Å². The molecule has 2 aromatic rings. The van der Waals surface area contributed by atoms with Gasteiger partial charge in [-0.15, -0.1) is 0 Å². The molecule has 1 N–H and O–H groups in total. The van der Waals surface area contributed by atoms with Crippen LogP contribution in [-0.2, 0) is 4.79 Å². The van der Waals surface area contributed by atoms with Crippen LogP contribution in [0, 0.1) is 13.8 Å². The Labute approximate surface area is 150 Å². The molecule has 23 heavy (non-hydrogen) atoms. The first-order valence-electron chi connectivity index (χ1n) is 7.04. The molecule has 2 rings (SSSR count). The molecular formula is C16H17Cl2N3OS. The summed E-state index contributed by atoms with van der Waals surface area (Å²) in [5.74, 6) is 0.148. The van der Waals surface area contributed by atoms with Crippen LogP contribution < -0.4 is 5.32 Å². The smallest absolute Gasteiger partial charge is 0.230 e. The molecule has 0 fully saturated rings. The van der Waals surface area contributed by atoms with Crippen LogP contribution in [-0.4, -0.2) is 21.6 Å². The number of nitrogens with one attached hydrogen (secondary N) is 1. The van der Waals surface area contributed by atoms with Gasteiger partial charge in [0.25, 0.3) is 0 Å². The lowest BCUT2D eigenvalue weighted by Crippen LogP contribution is -2.28. The molecule has 1 amide bonds. The molecule has 0 aliphatic carbocycles. The number of aromatic nitrogens is 2. The van der Waals surface area contributed by atoms with E-state index in [1.165, 1.54) is 11.8 Å². The second kappa shape index (κ2) is 7.99. The van der Waals surface area contributed by atoms with Gasteiger partial charge in [-0.25, -0.2) is 9.97 Å². The van der Waals surface area contributed by atoms with Gasteiger partial charge in [-0.05, 0) is 44.5 Å². The number of carbonyl (C=O) groups excluding carboxylic acids is 1. The zero-order valence-electron chi connectivity index (χ0n) is 13.1. The number of amides is 1. The third kappa shape index (κ3) is 5.37. The van der Waals surface area contributed by atoms with Gasteiger partial charge in [-0.3, -0.25) is 4.79 Å². The summed E-state index contributed by atoms with van der Waals surface area (Å²) in [5, 5.41) is 4.63. The van der Waals surface area contributed by atoms with Crippen LogP contribution in [0.2, 0.25) is 10.0 Å². The zero-order valence-corrected chi connectivity index (χ0v) is 15.4. The molecule has 1 unspecified atom stereocenters. The topological polar surface area (TPSA) is 54.9 Å². The SMILES string of the molecule is Cc1cc(C)nc(SCC(=O)NC(C)c2ccc(Cl)cc2Cl)n1. The number of aryl methyl sites for hydroxylation is 2. The Balaban J connectivity index is 1.93. The first kappa shape index (κ1) is 18.0. The van der Waals surface area contributed by atoms with E-state index in [-0.39, 0.29) is 17.7 Å². The molecule has 0 aliphatic heterocycles. The number of nitrogens with zero attached hydrogens (tertiary/aromatic N) is 2. The normalized spacial score (nSPS) is 12.0. The maximum absolute atomic E-state index is 12.1. The van der Waals surface area contributed by atoms with Gasteiger partial charge in [0.1, 0.15) is 0 Å². The van der Waals surface area contributed by atoms with Gasteiger partial charge in [-0.2, -0.15) is 0 Å². The summed E-state index contributed by atoms with van der Waals surface area (Å²) in [5.41, 5.74) is 2.61. The van der Waals surface area contributed by atoms with Crippen molar-refractivity contribution in [2.45, 2.75) is 32.0 Å². The van der Waals surface area contributed by atoms with Gasteiger partial charge in [0.05, 0.1) is 11.8 Å². The average molecular weight is 370 g/mol. The molecule has 122 valence electrons. The fourth-order valence-corrected chi connectivity index (χ4v) is 3.43.